The SMILES string of the molecule is Cl.N=C(c1cccnn1)N1CC(Oc2ccc3c(c2C(=O)O)OB(O)CC3)C1. The standard InChI is InChI=1S/C17H17BN4O5.ClH/c19-16(12-2-1-7-20-21-12)22-8-11(9-22)26-13-4-3-10-5-6-18(25)27-15(10)14(13)17(23)24;/h1-4,7,11,19,25H,5-6,8-9H2,(H,23,24);1H. The predicted molar refractivity (Wildman–Crippen MR) is 103 cm³/mol. The minimum absolute atomic E-state index is 0. The molecule has 9 nitrogen and oxygen atoms in total. The van der Waals surface area contributed by atoms with Crippen LogP contribution in [-0.2, 0) is 6.42 Å². The van der Waals surface area contributed by atoms with Crippen molar-refractivity contribution in [3.05, 3.63) is 47.3 Å². The quantitative estimate of drug-likeness (QED) is 0.392. The van der Waals surface area contributed by atoms with Crippen LogP contribution in [0.2, 0.25) is 6.32 Å². The summed E-state index contributed by atoms with van der Waals surface area (Å²) in [5, 5.41) is 35.1. The summed E-state index contributed by atoms with van der Waals surface area (Å²) < 4.78 is 11.2. The third-order valence-electron chi connectivity index (χ3n) is 4.60. The van der Waals surface area contributed by atoms with Crippen molar-refractivity contribution in [1.29, 1.82) is 5.41 Å². The van der Waals surface area contributed by atoms with E-state index >= 15 is 0 Å². The molecule has 11 heteroatoms. The van der Waals surface area contributed by atoms with Crippen molar-refractivity contribution in [3.8, 4) is 11.5 Å². The minimum Gasteiger partial charge on any atom is -0.535 e. The van der Waals surface area contributed by atoms with E-state index in [1.54, 1.807) is 35.4 Å². The van der Waals surface area contributed by atoms with Crippen LogP contribution in [0.5, 0.6) is 11.5 Å². The van der Waals surface area contributed by atoms with Gasteiger partial charge in [-0.15, -0.1) is 17.5 Å². The van der Waals surface area contributed by atoms with Gasteiger partial charge < -0.3 is 24.4 Å². The predicted octanol–water partition coefficient (Wildman–Crippen LogP) is 1.10. The van der Waals surface area contributed by atoms with Gasteiger partial charge in [-0.25, -0.2) is 4.79 Å². The van der Waals surface area contributed by atoms with E-state index in [0.717, 1.165) is 5.56 Å². The third kappa shape index (κ3) is 3.74. The van der Waals surface area contributed by atoms with Crippen LogP contribution >= 0.6 is 12.4 Å². The lowest BCUT2D eigenvalue weighted by atomic mass is 9.78. The molecule has 1 fully saturated rings. The highest BCUT2D eigenvalue weighted by Crippen LogP contribution is 2.37. The van der Waals surface area contributed by atoms with Crippen molar-refractivity contribution in [2.75, 3.05) is 13.1 Å². The summed E-state index contributed by atoms with van der Waals surface area (Å²) in [6.07, 6.45) is 2.26. The maximum atomic E-state index is 11.7. The lowest BCUT2D eigenvalue weighted by molar-refractivity contribution is 0.0596. The van der Waals surface area contributed by atoms with Crippen molar-refractivity contribution in [2.45, 2.75) is 18.8 Å². The Labute approximate surface area is 167 Å². The molecule has 1 aromatic carbocycles. The summed E-state index contributed by atoms with van der Waals surface area (Å²) in [6, 6.07) is 6.81. The summed E-state index contributed by atoms with van der Waals surface area (Å²) >= 11 is 0. The molecule has 0 aliphatic carbocycles. The first-order valence-corrected chi connectivity index (χ1v) is 8.55. The van der Waals surface area contributed by atoms with Crippen LogP contribution < -0.4 is 9.39 Å². The number of hydrogen-bond acceptors (Lipinski definition) is 7. The molecule has 1 saturated heterocycles. The number of nitrogens with zero attached hydrogens (tertiary/aromatic N) is 3. The number of aryl methyl sites for hydroxylation is 1. The van der Waals surface area contributed by atoms with E-state index in [9.17, 15) is 14.9 Å². The van der Waals surface area contributed by atoms with Gasteiger partial charge in [-0.1, -0.05) is 6.07 Å². The number of carboxylic acids is 1. The number of fused-ring (bicyclic) bond motifs is 1. The zero-order valence-corrected chi connectivity index (χ0v) is 15.6. The number of carboxylic acid groups (broad SMARTS) is 1. The normalized spacial score (nSPS) is 15.6. The van der Waals surface area contributed by atoms with Gasteiger partial charge in [0.25, 0.3) is 0 Å². The number of carbonyl (C=O) groups is 1. The molecule has 3 N–H and O–H groups in total. The molecule has 2 aliphatic rings. The second-order valence-electron chi connectivity index (χ2n) is 6.45. The van der Waals surface area contributed by atoms with Crippen molar-refractivity contribution >= 4 is 31.3 Å². The van der Waals surface area contributed by atoms with Crippen molar-refractivity contribution < 1.29 is 24.3 Å². The monoisotopic (exact) mass is 404 g/mol. The van der Waals surface area contributed by atoms with E-state index in [1.807, 2.05) is 0 Å². The van der Waals surface area contributed by atoms with Crippen LogP contribution in [0.25, 0.3) is 0 Å². The van der Waals surface area contributed by atoms with Crippen molar-refractivity contribution in [3.63, 3.8) is 0 Å². The van der Waals surface area contributed by atoms with E-state index in [1.165, 1.54) is 0 Å². The molecule has 0 bridgehead atoms. The Morgan fingerprint density at radius 1 is 1.36 bits per heavy atom. The molecule has 1 aromatic heterocycles. The molecule has 2 aliphatic heterocycles. The summed E-state index contributed by atoms with van der Waals surface area (Å²) in [5.41, 5.74) is 1.14. The molecule has 4 rings (SSSR count). The van der Waals surface area contributed by atoms with Crippen LogP contribution in [-0.4, -0.2) is 63.3 Å². The fraction of sp³-hybridized carbons (Fsp3) is 0.294. The maximum Gasteiger partial charge on any atom is 0.522 e. The Morgan fingerprint density at radius 3 is 2.82 bits per heavy atom. The molecule has 2 aromatic rings. The van der Waals surface area contributed by atoms with Crippen molar-refractivity contribution in [2.24, 2.45) is 0 Å². The second-order valence-corrected chi connectivity index (χ2v) is 6.45. The van der Waals surface area contributed by atoms with Crippen LogP contribution in [0, 0.1) is 5.41 Å². The molecule has 0 spiro atoms. The lowest BCUT2D eigenvalue weighted by Gasteiger charge is -2.40. The number of rotatable bonds is 4. The van der Waals surface area contributed by atoms with E-state index in [0.29, 0.717) is 31.5 Å². The van der Waals surface area contributed by atoms with Crippen LogP contribution in [0.15, 0.2) is 30.5 Å². The highest BCUT2D eigenvalue weighted by molar-refractivity contribution is 6.44. The van der Waals surface area contributed by atoms with Gasteiger partial charge >= 0.3 is 13.1 Å². The van der Waals surface area contributed by atoms with Gasteiger partial charge in [0.15, 0.2) is 0 Å². The largest absolute Gasteiger partial charge is 0.535 e. The number of nitrogens with one attached hydrogen (secondary N) is 1. The van der Waals surface area contributed by atoms with E-state index in [2.05, 4.69) is 10.2 Å². The second kappa shape index (κ2) is 8.03. The Kier molecular flexibility index (Phi) is 5.71. The number of hydrogen-bond donors (Lipinski definition) is 3. The Morgan fingerprint density at radius 2 is 2.14 bits per heavy atom. The van der Waals surface area contributed by atoms with Gasteiger partial charge in [0.05, 0.1) is 13.1 Å². The Hall–Kier alpha value is -2.85. The van der Waals surface area contributed by atoms with Gasteiger partial charge in [0.2, 0.25) is 0 Å². The number of benzene rings is 1. The smallest absolute Gasteiger partial charge is 0.522 e. The van der Waals surface area contributed by atoms with E-state index < -0.39 is 13.1 Å². The summed E-state index contributed by atoms with van der Waals surface area (Å²) in [6.45, 7) is 0.879. The first-order chi connectivity index (χ1) is 13.0. The number of halogens is 1. The summed E-state index contributed by atoms with van der Waals surface area (Å²) in [7, 11) is -1.02. The average molecular weight is 405 g/mol. The molecular weight excluding hydrogens is 386 g/mol. The van der Waals surface area contributed by atoms with Crippen LogP contribution in [0.1, 0.15) is 21.6 Å². The average Bonchev–Trinajstić information content (AvgIpc) is 2.63. The van der Waals surface area contributed by atoms with Gasteiger partial charge in [0.1, 0.15) is 34.7 Å². The molecule has 0 atom stereocenters. The molecule has 28 heavy (non-hydrogen) atoms. The van der Waals surface area contributed by atoms with Crippen LogP contribution in [0.3, 0.4) is 0 Å². The lowest BCUT2D eigenvalue weighted by Crippen LogP contribution is -2.56. The zero-order valence-electron chi connectivity index (χ0n) is 14.7. The number of aromatic carboxylic acids is 1. The zero-order chi connectivity index (χ0) is 19.0. The fourth-order valence-electron chi connectivity index (χ4n) is 3.18. The molecule has 3 heterocycles. The van der Waals surface area contributed by atoms with Crippen LogP contribution in [0.4, 0.5) is 0 Å². The van der Waals surface area contributed by atoms with Crippen molar-refractivity contribution in [1.82, 2.24) is 15.1 Å². The van der Waals surface area contributed by atoms with E-state index in [-0.39, 0.29) is 41.4 Å². The first-order valence-electron chi connectivity index (χ1n) is 8.55. The van der Waals surface area contributed by atoms with Gasteiger partial charge in [-0.05, 0) is 36.5 Å². The van der Waals surface area contributed by atoms with Gasteiger partial charge in [-0.2, -0.15) is 5.10 Å². The number of amidine groups is 1. The molecule has 0 unspecified atom stereocenters. The maximum absolute atomic E-state index is 11.7. The summed E-state index contributed by atoms with van der Waals surface area (Å²) in [4.78, 5) is 13.5. The topological polar surface area (TPSA) is 129 Å². The Bertz CT molecular complexity index is 895. The molecule has 0 amide bonds. The number of aromatic nitrogens is 2. The number of likely N-dealkylation sites (tertiary alicyclic amines) is 1. The molecule has 0 saturated carbocycles. The first kappa shape index (κ1) is 19.9. The summed E-state index contributed by atoms with van der Waals surface area (Å²) in [5.74, 6) is -0.550. The highest BCUT2D eigenvalue weighted by atomic mass is 35.5. The number of ether oxygens (including phenoxy) is 1. The minimum atomic E-state index is -1.17. The molecule has 146 valence electrons. The highest BCUT2D eigenvalue weighted by Gasteiger charge is 2.35. The van der Waals surface area contributed by atoms with Gasteiger partial charge in [-0.3, -0.25) is 5.41 Å². The third-order valence-corrected chi connectivity index (χ3v) is 4.60. The Balaban J connectivity index is 0.00000225. The fourth-order valence-corrected chi connectivity index (χ4v) is 3.18. The molecule has 0 radical (unpaired) electrons. The van der Waals surface area contributed by atoms with Gasteiger partial charge in [0, 0.05) is 6.20 Å². The molecular formula is C17H18BClN4O5. The van der Waals surface area contributed by atoms with E-state index in [4.69, 9.17) is 14.8 Å².